The van der Waals surface area contributed by atoms with Gasteiger partial charge in [-0.25, -0.2) is 0 Å². The first kappa shape index (κ1) is 11.2. The summed E-state index contributed by atoms with van der Waals surface area (Å²) in [5.74, 6) is 0. The van der Waals surface area contributed by atoms with E-state index in [9.17, 15) is 4.79 Å². The summed E-state index contributed by atoms with van der Waals surface area (Å²) in [6.45, 7) is 0. The number of benzene rings is 2. The van der Waals surface area contributed by atoms with Crippen LogP contribution in [0.4, 0.5) is 0 Å². The van der Waals surface area contributed by atoms with Crippen LogP contribution >= 0.6 is 38.5 Å². The van der Waals surface area contributed by atoms with Gasteiger partial charge in [0.05, 0.1) is 9.09 Å². The highest BCUT2D eigenvalue weighted by Crippen LogP contribution is 2.29. The fraction of sp³-hybridized carbons (Fsp3) is 0. The number of fused-ring (bicyclic) bond motifs is 3. The predicted molar refractivity (Wildman–Crippen MR) is 82.5 cm³/mol. The van der Waals surface area contributed by atoms with E-state index in [0.717, 1.165) is 26.1 Å². The standard InChI is InChI=1S/C13H7BrINO/c14-10-5-9-12(16-6-11(15)13(9)17)8-4-2-1-3-7(8)10/h1-6H,(H,16,17). The average Bonchev–Trinajstić information content (AvgIpc) is 2.35. The van der Waals surface area contributed by atoms with Crippen molar-refractivity contribution in [2.24, 2.45) is 0 Å². The van der Waals surface area contributed by atoms with E-state index in [-0.39, 0.29) is 5.43 Å². The fourth-order valence-electron chi connectivity index (χ4n) is 2.00. The summed E-state index contributed by atoms with van der Waals surface area (Å²) in [7, 11) is 0. The summed E-state index contributed by atoms with van der Waals surface area (Å²) in [5, 5.41) is 2.89. The molecular weight excluding hydrogens is 393 g/mol. The van der Waals surface area contributed by atoms with Gasteiger partial charge in [-0.05, 0) is 34.0 Å². The number of rotatable bonds is 0. The van der Waals surface area contributed by atoms with Crippen LogP contribution in [0.1, 0.15) is 0 Å². The van der Waals surface area contributed by atoms with Crippen molar-refractivity contribution < 1.29 is 0 Å². The number of nitrogens with one attached hydrogen (secondary N) is 1. The smallest absolute Gasteiger partial charge is 0.202 e. The Morgan fingerprint density at radius 2 is 1.82 bits per heavy atom. The normalized spacial score (nSPS) is 11.2. The monoisotopic (exact) mass is 399 g/mol. The average molecular weight is 400 g/mol. The first-order valence-electron chi connectivity index (χ1n) is 5.06. The minimum Gasteiger partial charge on any atom is -0.359 e. The molecule has 0 aliphatic carbocycles. The molecule has 3 rings (SSSR count). The Bertz CT molecular complexity index is 794. The zero-order valence-corrected chi connectivity index (χ0v) is 12.4. The van der Waals surface area contributed by atoms with Crippen LogP contribution in [0.25, 0.3) is 21.7 Å². The van der Waals surface area contributed by atoms with Gasteiger partial charge in [0.15, 0.2) is 0 Å². The zero-order valence-electron chi connectivity index (χ0n) is 8.63. The summed E-state index contributed by atoms with van der Waals surface area (Å²) >= 11 is 5.57. The van der Waals surface area contributed by atoms with Gasteiger partial charge in [0.2, 0.25) is 5.43 Å². The number of H-pyrrole nitrogens is 1. The molecule has 0 bridgehead atoms. The van der Waals surface area contributed by atoms with E-state index in [4.69, 9.17) is 0 Å². The van der Waals surface area contributed by atoms with E-state index in [2.05, 4.69) is 20.9 Å². The molecule has 3 aromatic rings. The second kappa shape index (κ2) is 4.10. The van der Waals surface area contributed by atoms with Gasteiger partial charge in [0.1, 0.15) is 0 Å². The van der Waals surface area contributed by atoms with Crippen LogP contribution in [-0.4, -0.2) is 4.98 Å². The molecule has 0 radical (unpaired) electrons. The number of hydrogen-bond acceptors (Lipinski definition) is 1. The Morgan fingerprint density at radius 3 is 2.59 bits per heavy atom. The number of pyridine rings is 1. The third kappa shape index (κ3) is 1.70. The molecule has 1 heterocycles. The summed E-state index contributed by atoms with van der Waals surface area (Å²) < 4.78 is 1.66. The highest BCUT2D eigenvalue weighted by molar-refractivity contribution is 14.1. The molecule has 0 fully saturated rings. The van der Waals surface area contributed by atoms with Gasteiger partial charge in [-0.2, -0.15) is 0 Å². The van der Waals surface area contributed by atoms with Crippen LogP contribution in [0, 0.1) is 3.57 Å². The largest absolute Gasteiger partial charge is 0.359 e. The highest BCUT2D eigenvalue weighted by Gasteiger charge is 2.08. The molecule has 1 aromatic heterocycles. The summed E-state index contributed by atoms with van der Waals surface area (Å²) in [5.41, 5.74) is 0.972. The van der Waals surface area contributed by atoms with E-state index < -0.39 is 0 Å². The molecule has 0 saturated carbocycles. The molecule has 0 aliphatic heterocycles. The Balaban J connectivity index is 2.67. The Labute approximate surface area is 119 Å². The van der Waals surface area contributed by atoms with E-state index >= 15 is 0 Å². The lowest BCUT2D eigenvalue weighted by Gasteiger charge is -2.06. The van der Waals surface area contributed by atoms with E-state index in [1.165, 1.54) is 0 Å². The van der Waals surface area contributed by atoms with Crippen molar-refractivity contribution in [3.05, 3.63) is 54.8 Å². The van der Waals surface area contributed by atoms with Crippen molar-refractivity contribution >= 4 is 60.2 Å². The van der Waals surface area contributed by atoms with Gasteiger partial charge in [0.25, 0.3) is 0 Å². The third-order valence-corrected chi connectivity index (χ3v) is 4.26. The van der Waals surface area contributed by atoms with Crippen LogP contribution in [-0.2, 0) is 0 Å². The zero-order chi connectivity index (χ0) is 12.0. The maximum Gasteiger partial charge on any atom is 0.202 e. The lowest BCUT2D eigenvalue weighted by Crippen LogP contribution is -2.06. The quantitative estimate of drug-likeness (QED) is 0.449. The maximum atomic E-state index is 12.1. The molecule has 4 heteroatoms. The molecule has 0 amide bonds. The molecule has 17 heavy (non-hydrogen) atoms. The first-order chi connectivity index (χ1) is 8.18. The minimum atomic E-state index is 0.0748. The van der Waals surface area contributed by atoms with E-state index in [1.807, 2.05) is 52.9 Å². The Morgan fingerprint density at radius 1 is 1.12 bits per heavy atom. The van der Waals surface area contributed by atoms with Crippen LogP contribution < -0.4 is 5.43 Å². The summed E-state index contributed by atoms with van der Waals surface area (Å²) in [4.78, 5) is 15.3. The SMILES string of the molecule is O=c1c(I)c[nH]c2c1cc(Br)c1ccccc12. The fourth-order valence-corrected chi connectivity index (χ4v) is 3.02. The van der Waals surface area contributed by atoms with Crippen LogP contribution in [0.15, 0.2) is 45.8 Å². The first-order valence-corrected chi connectivity index (χ1v) is 6.94. The van der Waals surface area contributed by atoms with Gasteiger partial charge in [-0.3, -0.25) is 4.79 Å². The molecular formula is C13H7BrINO. The molecule has 0 spiro atoms. The predicted octanol–water partition coefficient (Wildman–Crippen LogP) is 4.05. The van der Waals surface area contributed by atoms with Crippen molar-refractivity contribution in [2.75, 3.05) is 0 Å². The molecule has 2 aromatic carbocycles. The van der Waals surface area contributed by atoms with Crippen molar-refractivity contribution in [3.63, 3.8) is 0 Å². The van der Waals surface area contributed by atoms with Crippen molar-refractivity contribution in [3.8, 4) is 0 Å². The minimum absolute atomic E-state index is 0.0748. The van der Waals surface area contributed by atoms with E-state index in [1.54, 1.807) is 6.20 Å². The number of hydrogen-bond donors (Lipinski definition) is 1. The molecule has 0 unspecified atom stereocenters. The van der Waals surface area contributed by atoms with Crippen LogP contribution in [0.5, 0.6) is 0 Å². The van der Waals surface area contributed by atoms with Crippen molar-refractivity contribution in [2.45, 2.75) is 0 Å². The molecule has 1 N–H and O–H groups in total. The molecule has 0 saturated heterocycles. The van der Waals surface area contributed by atoms with Gasteiger partial charge >= 0.3 is 0 Å². The molecule has 0 aliphatic rings. The number of halogens is 2. The van der Waals surface area contributed by atoms with Gasteiger partial charge in [-0.15, -0.1) is 0 Å². The third-order valence-electron chi connectivity index (χ3n) is 2.80. The maximum absolute atomic E-state index is 12.1. The van der Waals surface area contributed by atoms with Gasteiger partial charge in [-0.1, -0.05) is 40.2 Å². The Kier molecular flexibility index (Phi) is 2.71. The molecule has 84 valence electrons. The summed E-state index contributed by atoms with van der Waals surface area (Å²) in [6, 6.07) is 9.91. The highest BCUT2D eigenvalue weighted by atomic mass is 127. The van der Waals surface area contributed by atoms with Crippen LogP contribution in [0.3, 0.4) is 0 Å². The second-order valence-corrected chi connectivity index (χ2v) is 5.81. The van der Waals surface area contributed by atoms with Crippen LogP contribution in [0.2, 0.25) is 0 Å². The molecule has 0 atom stereocenters. The topological polar surface area (TPSA) is 32.9 Å². The van der Waals surface area contributed by atoms with Gasteiger partial charge in [0, 0.05) is 21.4 Å². The second-order valence-electron chi connectivity index (χ2n) is 3.79. The van der Waals surface area contributed by atoms with Crippen molar-refractivity contribution in [1.82, 2.24) is 4.98 Å². The number of aromatic nitrogens is 1. The van der Waals surface area contributed by atoms with E-state index in [0.29, 0.717) is 3.57 Å². The lowest BCUT2D eigenvalue weighted by molar-refractivity contribution is 1.37. The lowest BCUT2D eigenvalue weighted by atomic mass is 10.1. The van der Waals surface area contributed by atoms with Gasteiger partial charge < -0.3 is 4.98 Å². The Hall–Kier alpha value is -0.880. The molecule has 2 nitrogen and oxygen atoms in total. The number of aromatic amines is 1. The van der Waals surface area contributed by atoms with Crippen molar-refractivity contribution in [1.29, 1.82) is 0 Å². The summed E-state index contributed by atoms with van der Waals surface area (Å²) in [6.07, 6.45) is 1.76.